The molecule has 4 heteroatoms. The number of rotatable bonds is 1. The molecule has 1 unspecified atom stereocenters. The van der Waals surface area contributed by atoms with Crippen molar-refractivity contribution in [3.8, 4) is 0 Å². The van der Waals surface area contributed by atoms with E-state index in [0.717, 1.165) is 17.9 Å². The summed E-state index contributed by atoms with van der Waals surface area (Å²) in [5.41, 5.74) is 0. The highest BCUT2D eigenvalue weighted by Crippen LogP contribution is 2.08. The average molecular weight is 147 g/mol. The molecule has 54 valence electrons. The maximum atomic E-state index is 10.6. The van der Waals surface area contributed by atoms with E-state index in [-0.39, 0.29) is 0 Å². The number of nitrogens with zero attached hydrogens (tertiary/aromatic N) is 1. The summed E-state index contributed by atoms with van der Waals surface area (Å²) in [5, 5.41) is 14.8. The monoisotopic (exact) mass is 147 g/mol. The summed E-state index contributed by atoms with van der Waals surface area (Å²) in [5.74, 6) is 0. The molecule has 1 saturated heterocycles. The second-order valence-electron chi connectivity index (χ2n) is 2.37. The Balaban J connectivity index is 2.18. The zero-order valence-electron chi connectivity index (χ0n) is 5.34. The highest BCUT2D eigenvalue weighted by atomic mass is 31.0. The Morgan fingerprint density at radius 1 is 1.44 bits per heavy atom. The summed E-state index contributed by atoms with van der Waals surface area (Å²) in [7, 11) is 2.49. The van der Waals surface area contributed by atoms with Crippen LogP contribution in [0, 0.1) is 5.21 Å². The highest BCUT2D eigenvalue weighted by Gasteiger charge is 2.10. The molecule has 0 aromatic carbocycles. The molecule has 0 amide bonds. The van der Waals surface area contributed by atoms with Crippen molar-refractivity contribution in [3.63, 3.8) is 0 Å². The van der Waals surface area contributed by atoms with Crippen molar-refractivity contribution in [3.05, 3.63) is 5.21 Å². The first-order valence-electron chi connectivity index (χ1n) is 3.21. The van der Waals surface area contributed by atoms with E-state index in [1.54, 1.807) is 0 Å². The number of hydroxylamine groups is 2. The van der Waals surface area contributed by atoms with Crippen LogP contribution < -0.4 is 5.09 Å². The lowest BCUT2D eigenvalue weighted by atomic mass is 10.1. The molecule has 1 aliphatic rings. The van der Waals surface area contributed by atoms with Gasteiger partial charge in [0.1, 0.15) is 0 Å². The van der Waals surface area contributed by atoms with Crippen molar-refractivity contribution in [2.24, 2.45) is 0 Å². The van der Waals surface area contributed by atoms with Crippen molar-refractivity contribution in [2.45, 2.75) is 18.9 Å². The molecule has 0 spiro atoms. The zero-order chi connectivity index (χ0) is 6.69. The molecule has 0 bridgehead atoms. The first kappa shape index (κ1) is 7.42. The van der Waals surface area contributed by atoms with Crippen LogP contribution in [0.2, 0.25) is 0 Å². The lowest BCUT2D eigenvalue weighted by Gasteiger charge is -2.35. The molecule has 1 fully saturated rings. The number of hydrogen-bond donors (Lipinski definition) is 1. The van der Waals surface area contributed by atoms with E-state index < -0.39 is 0 Å². The fraction of sp³-hybridized carbons (Fsp3) is 1.00. The number of nitrogens with one attached hydrogen (secondary N) is 1. The van der Waals surface area contributed by atoms with E-state index in [4.69, 9.17) is 0 Å². The number of hydrogen-bond acceptors (Lipinski definition) is 3. The quantitative estimate of drug-likeness (QED) is 0.543. The van der Waals surface area contributed by atoms with Gasteiger partial charge in [0.15, 0.2) is 0 Å². The summed E-state index contributed by atoms with van der Waals surface area (Å²) in [4.78, 5) is 0. The van der Waals surface area contributed by atoms with Crippen LogP contribution in [-0.2, 0) is 0 Å². The molecule has 0 aliphatic carbocycles. The average Bonchev–Trinajstić information content (AvgIpc) is 1.90. The first-order chi connectivity index (χ1) is 4.33. The van der Waals surface area contributed by atoms with E-state index in [1.807, 2.05) is 0 Å². The van der Waals surface area contributed by atoms with E-state index in [2.05, 4.69) is 14.5 Å². The molecule has 1 rings (SSSR count). The molecule has 0 radical (unpaired) electrons. The van der Waals surface area contributed by atoms with Crippen LogP contribution in [0.4, 0.5) is 0 Å². The Bertz CT molecular complexity index is 83.0. The topological polar surface area (TPSA) is 38.3 Å². The standard InChI is InChI=1S/C5H12N2OP/c8-7-3-1-5(6-9)2-4-7/h5-6H,1-4,9H2/q-1. The van der Waals surface area contributed by atoms with E-state index in [0.29, 0.717) is 19.1 Å². The molecule has 0 aromatic heterocycles. The lowest BCUT2D eigenvalue weighted by Crippen LogP contribution is -2.36. The van der Waals surface area contributed by atoms with Gasteiger partial charge >= 0.3 is 0 Å². The van der Waals surface area contributed by atoms with Gasteiger partial charge in [-0.1, -0.05) is 9.39 Å². The van der Waals surface area contributed by atoms with Gasteiger partial charge in [-0.05, 0) is 25.9 Å². The molecular weight excluding hydrogens is 135 g/mol. The second kappa shape index (κ2) is 3.47. The predicted octanol–water partition coefficient (Wildman–Crippen LogP) is 0.328. The maximum Gasteiger partial charge on any atom is 0.0123 e. The van der Waals surface area contributed by atoms with Crippen LogP contribution in [0.3, 0.4) is 0 Å². The second-order valence-corrected chi connectivity index (χ2v) is 2.70. The molecule has 1 heterocycles. The van der Waals surface area contributed by atoms with Crippen molar-refractivity contribution >= 4 is 9.39 Å². The third-order valence-corrected chi connectivity index (χ3v) is 2.16. The van der Waals surface area contributed by atoms with Crippen LogP contribution in [0.15, 0.2) is 0 Å². The van der Waals surface area contributed by atoms with Crippen molar-refractivity contribution in [1.29, 1.82) is 0 Å². The third kappa shape index (κ3) is 2.18. The molecule has 9 heavy (non-hydrogen) atoms. The van der Waals surface area contributed by atoms with Gasteiger partial charge in [0, 0.05) is 6.04 Å². The third-order valence-electron chi connectivity index (χ3n) is 1.69. The number of piperidine rings is 1. The van der Waals surface area contributed by atoms with Crippen LogP contribution in [0.25, 0.3) is 0 Å². The minimum absolute atomic E-state index is 0.542. The van der Waals surface area contributed by atoms with Crippen LogP contribution in [0.1, 0.15) is 12.8 Å². The Morgan fingerprint density at radius 3 is 2.44 bits per heavy atom. The normalized spacial score (nSPS) is 24.7. The molecule has 0 aromatic rings. The van der Waals surface area contributed by atoms with Crippen molar-refractivity contribution < 1.29 is 0 Å². The fourth-order valence-corrected chi connectivity index (χ4v) is 1.36. The summed E-state index contributed by atoms with van der Waals surface area (Å²) in [6.07, 6.45) is 1.96. The van der Waals surface area contributed by atoms with E-state index >= 15 is 0 Å². The van der Waals surface area contributed by atoms with Gasteiger partial charge in [0.2, 0.25) is 0 Å². The minimum atomic E-state index is 0.542. The molecular formula is C5H12N2OP-. The highest BCUT2D eigenvalue weighted by molar-refractivity contribution is 7.13. The van der Waals surface area contributed by atoms with Gasteiger partial charge < -0.3 is 10.3 Å². The van der Waals surface area contributed by atoms with Crippen LogP contribution in [0.5, 0.6) is 0 Å². The van der Waals surface area contributed by atoms with E-state index in [9.17, 15) is 5.21 Å². The van der Waals surface area contributed by atoms with Crippen molar-refractivity contribution in [2.75, 3.05) is 13.1 Å². The molecule has 3 nitrogen and oxygen atoms in total. The smallest absolute Gasteiger partial charge is 0.0123 e. The SMILES string of the molecule is [O-]N1CCC(NP)CC1. The Morgan fingerprint density at radius 2 is 2.00 bits per heavy atom. The summed E-state index contributed by atoms with van der Waals surface area (Å²) < 4.78 is 0. The first-order valence-corrected chi connectivity index (χ1v) is 3.79. The summed E-state index contributed by atoms with van der Waals surface area (Å²) in [6, 6.07) is 0.542. The predicted molar refractivity (Wildman–Crippen MR) is 40.8 cm³/mol. The minimum Gasteiger partial charge on any atom is -0.785 e. The fourth-order valence-electron chi connectivity index (χ4n) is 1.02. The molecule has 0 saturated carbocycles. The summed E-state index contributed by atoms with van der Waals surface area (Å²) in [6.45, 7) is 1.37. The lowest BCUT2D eigenvalue weighted by molar-refractivity contribution is 0.278. The van der Waals surface area contributed by atoms with Gasteiger partial charge in [-0.15, -0.1) is 0 Å². The maximum absolute atomic E-state index is 10.6. The zero-order valence-corrected chi connectivity index (χ0v) is 6.49. The Labute approximate surface area is 57.6 Å². The van der Waals surface area contributed by atoms with Crippen LogP contribution >= 0.6 is 9.39 Å². The summed E-state index contributed by atoms with van der Waals surface area (Å²) >= 11 is 0. The molecule has 1 atom stereocenters. The van der Waals surface area contributed by atoms with Crippen LogP contribution in [-0.4, -0.2) is 24.2 Å². The molecule has 1 aliphatic heterocycles. The van der Waals surface area contributed by atoms with Gasteiger partial charge in [-0.3, -0.25) is 5.09 Å². The largest absolute Gasteiger partial charge is 0.785 e. The Kier molecular flexibility index (Phi) is 2.86. The van der Waals surface area contributed by atoms with Gasteiger partial charge in [0.25, 0.3) is 0 Å². The van der Waals surface area contributed by atoms with Gasteiger partial charge in [-0.2, -0.15) is 0 Å². The Hall–Kier alpha value is 0.310. The van der Waals surface area contributed by atoms with Gasteiger partial charge in [0.05, 0.1) is 0 Å². The van der Waals surface area contributed by atoms with E-state index in [1.165, 1.54) is 0 Å². The van der Waals surface area contributed by atoms with Crippen molar-refractivity contribution in [1.82, 2.24) is 10.2 Å². The molecule has 1 N–H and O–H groups in total. The van der Waals surface area contributed by atoms with Gasteiger partial charge in [-0.25, -0.2) is 0 Å².